The van der Waals surface area contributed by atoms with Crippen LogP contribution in [0.25, 0.3) is 0 Å². The van der Waals surface area contributed by atoms with Gasteiger partial charge in [0.25, 0.3) is 5.91 Å². The molecule has 1 aromatic carbocycles. The van der Waals surface area contributed by atoms with E-state index in [4.69, 9.17) is 0 Å². The Labute approximate surface area is 179 Å². The zero-order valence-corrected chi connectivity index (χ0v) is 17.7. The fraction of sp³-hybridized carbons (Fsp3) is 0.435. The molecule has 1 amide bonds. The third kappa shape index (κ3) is 7.15. The van der Waals surface area contributed by atoms with Gasteiger partial charge in [-0.25, -0.2) is 0 Å². The summed E-state index contributed by atoms with van der Waals surface area (Å²) in [6.07, 6.45) is 7.22. The summed E-state index contributed by atoms with van der Waals surface area (Å²) in [6, 6.07) is 12.3. The first-order valence-corrected chi connectivity index (χ1v) is 10.7. The maximum Gasteiger partial charge on any atom is 0.252 e. The minimum Gasteiger partial charge on any atom is -0.355 e. The molecule has 0 unspecified atom stereocenters. The first kappa shape index (κ1) is 21.8. The molecule has 0 atom stereocenters. The zero-order valence-electron chi connectivity index (χ0n) is 17.7. The van der Waals surface area contributed by atoms with Crippen LogP contribution in [0.4, 0.5) is 0 Å². The van der Waals surface area contributed by atoms with E-state index in [2.05, 4.69) is 55.1 Å². The Morgan fingerprint density at radius 2 is 1.73 bits per heavy atom. The second kappa shape index (κ2) is 11.9. The van der Waals surface area contributed by atoms with E-state index in [0.717, 1.165) is 6.54 Å². The van der Waals surface area contributed by atoms with Crippen LogP contribution >= 0.6 is 0 Å². The molecule has 0 spiro atoms. The highest BCUT2D eigenvalue weighted by Gasteiger charge is 2.10. The van der Waals surface area contributed by atoms with E-state index < -0.39 is 0 Å². The quantitative estimate of drug-likeness (QED) is 0.354. The number of hydrogen-bond acceptors (Lipinski definition) is 4. The standard InChI is InChI=1S/C23H32N6O/c1-24-23(27-13-12-26-22(30)21-6-5-11-25-17-21)28-16-19-7-9-20(10-8-19)18-29-14-3-2-4-15-29/h5-11,17H,2-4,12-16,18H2,1H3,(H,26,30)(H2,24,27,28). The lowest BCUT2D eigenvalue weighted by molar-refractivity contribution is 0.0954. The predicted molar refractivity (Wildman–Crippen MR) is 120 cm³/mol. The highest BCUT2D eigenvalue weighted by Crippen LogP contribution is 2.13. The molecule has 7 heteroatoms. The van der Waals surface area contributed by atoms with Crippen molar-refractivity contribution in [2.45, 2.75) is 32.4 Å². The lowest BCUT2D eigenvalue weighted by Gasteiger charge is -2.26. The average molecular weight is 409 g/mol. The number of carbonyl (C=O) groups is 1. The number of rotatable bonds is 8. The van der Waals surface area contributed by atoms with Gasteiger partial charge in [0, 0.05) is 45.6 Å². The van der Waals surface area contributed by atoms with Gasteiger partial charge in [0.05, 0.1) is 5.56 Å². The Hall–Kier alpha value is -2.93. The normalized spacial score (nSPS) is 14.9. The van der Waals surface area contributed by atoms with Crippen molar-refractivity contribution in [3.63, 3.8) is 0 Å². The van der Waals surface area contributed by atoms with Crippen LogP contribution in [0.1, 0.15) is 40.7 Å². The summed E-state index contributed by atoms with van der Waals surface area (Å²) in [5.41, 5.74) is 3.14. The first-order chi connectivity index (χ1) is 14.7. The molecule has 1 aliphatic heterocycles. The highest BCUT2D eigenvalue weighted by atomic mass is 16.1. The molecule has 7 nitrogen and oxygen atoms in total. The van der Waals surface area contributed by atoms with E-state index in [0.29, 0.717) is 31.2 Å². The van der Waals surface area contributed by atoms with Crippen LogP contribution in [-0.2, 0) is 13.1 Å². The zero-order chi connectivity index (χ0) is 21.0. The number of aromatic nitrogens is 1. The number of nitrogens with zero attached hydrogens (tertiary/aromatic N) is 3. The predicted octanol–water partition coefficient (Wildman–Crippen LogP) is 2.16. The molecule has 0 saturated carbocycles. The van der Waals surface area contributed by atoms with Gasteiger partial charge < -0.3 is 16.0 Å². The van der Waals surface area contributed by atoms with E-state index in [9.17, 15) is 4.79 Å². The molecule has 1 saturated heterocycles. The van der Waals surface area contributed by atoms with Gasteiger partial charge in [0.15, 0.2) is 5.96 Å². The second-order valence-electron chi connectivity index (χ2n) is 7.50. The molecular formula is C23H32N6O. The van der Waals surface area contributed by atoms with Gasteiger partial charge >= 0.3 is 0 Å². The largest absolute Gasteiger partial charge is 0.355 e. The molecule has 1 fully saturated rings. The number of nitrogens with one attached hydrogen (secondary N) is 3. The maximum atomic E-state index is 12.0. The Morgan fingerprint density at radius 3 is 2.43 bits per heavy atom. The summed E-state index contributed by atoms with van der Waals surface area (Å²) < 4.78 is 0. The molecule has 1 aromatic heterocycles. The molecule has 3 rings (SSSR count). The number of hydrogen-bond donors (Lipinski definition) is 3. The molecule has 2 aromatic rings. The fourth-order valence-corrected chi connectivity index (χ4v) is 3.50. The molecule has 160 valence electrons. The van der Waals surface area contributed by atoms with Crippen LogP contribution in [0.15, 0.2) is 53.8 Å². The minimum atomic E-state index is -0.127. The van der Waals surface area contributed by atoms with Crippen LogP contribution in [0.2, 0.25) is 0 Å². The maximum absolute atomic E-state index is 12.0. The van der Waals surface area contributed by atoms with Crippen molar-refractivity contribution >= 4 is 11.9 Å². The number of pyridine rings is 1. The van der Waals surface area contributed by atoms with Gasteiger partial charge in [-0.15, -0.1) is 0 Å². The Bertz CT molecular complexity index is 800. The van der Waals surface area contributed by atoms with Crippen molar-refractivity contribution in [2.75, 3.05) is 33.2 Å². The summed E-state index contributed by atoms with van der Waals surface area (Å²) in [4.78, 5) is 22.7. The molecule has 1 aliphatic rings. The number of aliphatic imine (C=N–C) groups is 1. The van der Waals surface area contributed by atoms with E-state index >= 15 is 0 Å². The summed E-state index contributed by atoms with van der Waals surface area (Å²) in [5, 5.41) is 9.39. The smallest absolute Gasteiger partial charge is 0.252 e. The third-order valence-electron chi connectivity index (χ3n) is 5.19. The summed E-state index contributed by atoms with van der Waals surface area (Å²) in [7, 11) is 1.74. The van der Waals surface area contributed by atoms with Gasteiger partial charge in [0.2, 0.25) is 0 Å². The molecule has 0 radical (unpaired) electrons. The highest BCUT2D eigenvalue weighted by molar-refractivity contribution is 5.93. The lowest BCUT2D eigenvalue weighted by Crippen LogP contribution is -2.41. The number of piperidine rings is 1. The van der Waals surface area contributed by atoms with E-state index in [1.807, 2.05) is 0 Å². The van der Waals surface area contributed by atoms with Crippen molar-refractivity contribution in [1.29, 1.82) is 0 Å². The van der Waals surface area contributed by atoms with Gasteiger partial charge in [-0.3, -0.25) is 19.7 Å². The van der Waals surface area contributed by atoms with Crippen molar-refractivity contribution in [3.05, 3.63) is 65.5 Å². The van der Waals surface area contributed by atoms with Crippen molar-refractivity contribution < 1.29 is 4.79 Å². The van der Waals surface area contributed by atoms with Crippen LogP contribution in [0, 0.1) is 0 Å². The van der Waals surface area contributed by atoms with E-state index in [1.54, 1.807) is 31.6 Å². The number of guanidine groups is 1. The number of benzene rings is 1. The SMILES string of the molecule is CN=C(NCCNC(=O)c1cccnc1)NCc1ccc(CN2CCCCC2)cc1. The number of amides is 1. The Morgan fingerprint density at radius 1 is 1.00 bits per heavy atom. The van der Waals surface area contributed by atoms with Crippen LogP contribution in [0.5, 0.6) is 0 Å². The van der Waals surface area contributed by atoms with Crippen molar-refractivity contribution in [3.8, 4) is 0 Å². The summed E-state index contributed by atoms with van der Waals surface area (Å²) in [6.45, 7) is 5.26. The molecule has 3 N–H and O–H groups in total. The van der Waals surface area contributed by atoms with Gasteiger partial charge in [-0.2, -0.15) is 0 Å². The summed E-state index contributed by atoms with van der Waals surface area (Å²) in [5.74, 6) is 0.584. The minimum absolute atomic E-state index is 0.127. The monoisotopic (exact) mass is 408 g/mol. The second-order valence-corrected chi connectivity index (χ2v) is 7.50. The van der Waals surface area contributed by atoms with Gasteiger partial charge in [-0.1, -0.05) is 30.7 Å². The molecule has 30 heavy (non-hydrogen) atoms. The number of carbonyl (C=O) groups excluding carboxylic acids is 1. The lowest BCUT2D eigenvalue weighted by atomic mass is 10.1. The van der Waals surface area contributed by atoms with Crippen molar-refractivity contribution in [1.82, 2.24) is 25.8 Å². The molecule has 0 bridgehead atoms. The Kier molecular flexibility index (Phi) is 8.65. The first-order valence-electron chi connectivity index (χ1n) is 10.7. The van der Waals surface area contributed by atoms with Crippen LogP contribution in [0.3, 0.4) is 0 Å². The van der Waals surface area contributed by atoms with E-state index in [-0.39, 0.29) is 5.91 Å². The Balaban J connectivity index is 1.35. The average Bonchev–Trinajstić information content (AvgIpc) is 2.80. The molecule has 0 aliphatic carbocycles. The number of likely N-dealkylation sites (tertiary alicyclic amines) is 1. The fourth-order valence-electron chi connectivity index (χ4n) is 3.50. The topological polar surface area (TPSA) is 81.6 Å². The molecule has 2 heterocycles. The summed E-state index contributed by atoms with van der Waals surface area (Å²) >= 11 is 0. The van der Waals surface area contributed by atoms with Gasteiger partial charge in [-0.05, 0) is 49.2 Å². The van der Waals surface area contributed by atoms with Crippen LogP contribution in [-0.4, -0.2) is 55.0 Å². The van der Waals surface area contributed by atoms with Crippen molar-refractivity contribution in [2.24, 2.45) is 4.99 Å². The molecular weight excluding hydrogens is 376 g/mol. The van der Waals surface area contributed by atoms with Gasteiger partial charge in [0.1, 0.15) is 0 Å². The third-order valence-corrected chi connectivity index (χ3v) is 5.19. The van der Waals surface area contributed by atoms with E-state index in [1.165, 1.54) is 43.5 Å². The van der Waals surface area contributed by atoms with Crippen LogP contribution < -0.4 is 16.0 Å².